The number of rotatable bonds is 6. The molecule has 0 aliphatic heterocycles. The SMILES string of the molecule is COC(C)(C)CC(=O)NCCc1nc2ccccc2[nH]1. The van der Waals surface area contributed by atoms with Gasteiger partial charge in [-0.2, -0.15) is 0 Å². The van der Waals surface area contributed by atoms with Gasteiger partial charge in [-0.05, 0) is 26.0 Å². The molecule has 0 spiro atoms. The molecule has 5 nitrogen and oxygen atoms in total. The topological polar surface area (TPSA) is 67.0 Å². The van der Waals surface area contributed by atoms with Crippen molar-refractivity contribution in [3.05, 3.63) is 30.1 Å². The second-order valence-electron chi connectivity index (χ2n) is 5.44. The van der Waals surface area contributed by atoms with Gasteiger partial charge in [0.15, 0.2) is 0 Å². The lowest BCUT2D eigenvalue weighted by atomic mass is 10.1. The van der Waals surface area contributed by atoms with Gasteiger partial charge in [-0.3, -0.25) is 4.79 Å². The Morgan fingerprint density at radius 2 is 2.15 bits per heavy atom. The molecule has 1 aromatic heterocycles. The molecule has 0 unspecified atom stereocenters. The van der Waals surface area contributed by atoms with E-state index in [1.807, 2.05) is 38.1 Å². The van der Waals surface area contributed by atoms with Crippen LogP contribution >= 0.6 is 0 Å². The molecular formula is C15H21N3O2. The van der Waals surface area contributed by atoms with Gasteiger partial charge in [-0.15, -0.1) is 0 Å². The molecule has 0 fully saturated rings. The quantitative estimate of drug-likeness (QED) is 0.847. The normalized spacial score (nSPS) is 11.8. The third-order valence-corrected chi connectivity index (χ3v) is 3.26. The van der Waals surface area contributed by atoms with Crippen molar-refractivity contribution < 1.29 is 9.53 Å². The van der Waals surface area contributed by atoms with Gasteiger partial charge in [0.1, 0.15) is 5.82 Å². The van der Waals surface area contributed by atoms with E-state index in [1.54, 1.807) is 7.11 Å². The number of carbonyl (C=O) groups excluding carboxylic acids is 1. The van der Waals surface area contributed by atoms with Crippen LogP contribution in [-0.4, -0.2) is 35.1 Å². The molecular weight excluding hydrogens is 254 g/mol. The smallest absolute Gasteiger partial charge is 0.222 e. The van der Waals surface area contributed by atoms with Gasteiger partial charge in [0.25, 0.3) is 0 Å². The number of hydrogen-bond acceptors (Lipinski definition) is 3. The van der Waals surface area contributed by atoms with E-state index in [0.29, 0.717) is 19.4 Å². The Morgan fingerprint density at radius 1 is 1.40 bits per heavy atom. The molecule has 0 saturated carbocycles. The number of aromatic amines is 1. The van der Waals surface area contributed by atoms with Crippen LogP contribution in [0, 0.1) is 0 Å². The minimum atomic E-state index is -0.427. The molecule has 108 valence electrons. The number of hydrogen-bond donors (Lipinski definition) is 2. The summed E-state index contributed by atoms with van der Waals surface area (Å²) in [5, 5.41) is 2.89. The minimum Gasteiger partial charge on any atom is -0.378 e. The highest BCUT2D eigenvalue weighted by atomic mass is 16.5. The van der Waals surface area contributed by atoms with Crippen molar-refractivity contribution in [1.82, 2.24) is 15.3 Å². The fourth-order valence-corrected chi connectivity index (χ4v) is 1.97. The Labute approximate surface area is 118 Å². The zero-order chi connectivity index (χ0) is 14.6. The van der Waals surface area contributed by atoms with E-state index < -0.39 is 5.60 Å². The van der Waals surface area contributed by atoms with Crippen molar-refractivity contribution in [3.8, 4) is 0 Å². The number of para-hydroxylation sites is 2. The highest BCUT2D eigenvalue weighted by molar-refractivity contribution is 5.77. The van der Waals surface area contributed by atoms with Crippen LogP contribution in [0.5, 0.6) is 0 Å². The molecule has 5 heteroatoms. The highest BCUT2D eigenvalue weighted by Crippen LogP contribution is 2.12. The molecule has 0 radical (unpaired) electrons. The van der Waals surface area contributed by atoms with Crippen LogP contribution in [0.25, 0.3) is 11.0 Å². The molecule has 0 saturated heterocycles. The molecule has 2 rings (SSSR count). The lowest BCUT2D eigenvalue weighted by Crippen LogP contribution is -2.34. The number of benzene rings is 1. The zero-order valence-electron chi connectivity index (χ0n) is 12.2. The number of nitrogens with one attached hydrogen (secondary N) is 2. The van der Waals surface area contributed by atoms with Gasteiger partial charge < -0.3 is 15.0 Å². The summed E-state index contributed by atoms with van der Waals surface area (Å²) in [5.41, 5.74) is 1.55. The van der Waals surface area contributed by atoms with Crippen LogP contribution < -0.4 is 5.32 Å². The summed E-state index contributed by atoms with van der Waals surface area (Å²) in [7, 11) is 1.61. The van der Waals surface area contributed by atoms with Gasteiger partial charge in [0.05, 0.1) is 23.1 Å². The number of carbonyl (C=O) groups is 1. The monoisotopic (exact) mass is 275 g/mol. The first kappa shape index (κ1) is 14.5. The second kappa shape index (κ2) is 6.05. The lowest BCUT2D eigenvalue weighted by molar-refractivity contribution is -0.126. The van der Waals surface area contributed by atoms with Crippen LogP contribution in [0.2, 0.25) is 0 Å². The predicted octanol–water partition coefficient (Wildman–Crippen LogP) is 2.04. The average Bonchev–Trinajstić information content (AvgIpc) is 2.80. The molecule has 1 amide bonds. The third-order valence-electron chi connectivity index (χ3n) is 3.26. The number of methoxy groups -OCH3 is 1. The van der Waals surface area contributed by atoms with E-state index in [2.05, 4.69) is 15.3 Å². The highest BCUT2D eigenvalue weighted by Gasteiger charge is 2.20. The van der Waals surface area contributed by atoms with Gasteiger partial charge >= 0.3 is 0 Å². The molecule has 0 bridgehead atoms. The largest absolute Gasteiger partial charge is 0.378 e. The Morgan fingerprint density at radius 3 is 2.85 bits per heavy atom. The molecule has 0 atom stereocenters. The van der Waals surface area contributed by atoms with Gasteiger partial charge in [-0.25, -0.2) is 4.98 Å². The Hall–Kier alpha value is -1.88. The number of ether oxygens (including phenoxy) is 1. The van der Waals surface area contributed by atoms with Crippen molar-refractivity contribution in [3.63, 3.8) is 0 Å². The van der Waals surface area contributed by atoms with E-state index >= 15 is 0 Å². The summed E-state index contributed by atoms with van der Waals surface area (Å²) >= 11 is 0. The number of H-pyrrole nitrogens is 1. The predicted molar refractivity (Wildman–Crippen MR) is 78.5 cm³/mol. The summed E-state index contributed by atoms with van der Waals surface area (Å²) in [6, 6.07) is 7.89. The van der Waals surface area contributed by atoms with E-state index in [-0.39, 0.29) is 5.91 Å². The Balaban J connectivity index is 1.82. The maximum Gasteiger partial charge on any atom is 0.222 e. The molecule has 0 aliphatic carbocycles. The number of aromatic nitrogens is 2. The first-order valence-electron chi connectivity index (χ1n) is 6.76. The minimum absolute atomic E-state index is 0.00652. The molecule has 1 aromatic carbocycles. The van der Waals surface area contributed by atoms with Gasteiger partial charge in [0.2, 0.25) is 5.91 Å². The van der Waals surface area contributed by atoms with Crippen LogP contribution in [0.4, 0.5) is 0 Å². The Kier molecular flexibility index (Phi) is 4.39. The van der Waals surface area contributed by atoms with Crippen LogP contribution in [0.15, 0.2) is 24.3 Å². The molecule has 20 heavy (non-hydrogen) atoms. The zero-order valence-corrected chi connectivity index (χ0v) is 12.2. The maximum atomic E-state index is 11.8. The third kappa shape index (κ3) is 3.81. The number of fused-ring (bicyclic) bond motifs is 1. The lowest BCUT2D eigenvalue weighted by Gasteiger charge is -2.21. The number of nitrogens with zero attached hydrogens (tertiary/aromatic N) is 1. The summed E-state index contributed by atoms with van der Waals surface area (Å²) in [5.74, 6) is 0.880. The van der Waals surface area contributed by atoms with Gasteiger partial charge in [-0.1, -0.05) is 12.1 Å². The fourth-order valence-electron chi connectivity index (χ4n) is 1.97. The molecule has 0 aliphatic rings. The first-order chi connectivity index (χ1) is 9.50. The molecule has 2 aromatic rings. The van der Waals surface area contributed by atoms with E-state index in [9.17, 15) is 4.79 Å². The van der Waals surface area contributed by atoms with Crippen LogP contribution in [0.1, 0.15) is 26.1 Å². The summed E-state index contributed by atoms with van der Waals surface area (Å²) in [6.07, 6.45) is 1.04. The van der Waals surface area contributed by atoms with Crippen molar-refractivity contribution in [1.29, 1.82) is 0 Å². The van der Waals surface area contributed by atoms with Crippen molar-refractivity contribution in [2.24, 2.45) is 0 Å². The van der Waals surface area contributed by atoms with Crippen LogP contribution in [-0.2, 0) is 16.0 Å². The Bertz CT molecular complexity index is 557. The number of amides is 1. The fraction of sp³-hybridized carbons (Fsp3) is 0.467. The van der Waals surface area contributed by atoms with Crippen LogP contribution in [0.3, 0.4) is 0 Å². The molecule has 1 heterocycles. The summed E-state index contributed by atoms with van der Waals surface area (Å²) in [4.78, 5) is 19.5. The van der Waals surface area contributed by atoms with Gasteiger partial charge in [0, 0.05) is 20.1 Å². The first-order valence-corrected chi connectivity index (χ1v) is 6.76. The summed E-state index contributed by atoms with van der Waals surface area (Å²) in [6.45, 7) is 4.36. The average molecular weight is 275 g/mol. The molecule has 2 N–H and O–H groups in total. The van der Waals surface area contributed by atoms with Crippen molar-refractivity contribution in [2.45, 2.75) is 32.3 Å². The van der Waals surface area contributed by atoms with E-state index in [4.69, 9.17) is 4.74 Å². The van der Waals surface area contributed by atoms with Crippen molar-refractivity contribution in [2.75, 3.05) is 13.7 Å². The standard InChI is InChI=1S/C15H21N3O2/c1-15(2,20-3)10-14(19)16-9-8-13-17-11-6-4-5-7-12(11)18-13/h4-7H,8-10H2,1-3H3,(H,16,19)(H,17,18). The van der Waals surface area contributed by atoms with E-state index in [1.165, 1.54) is 0 Å². The van der Waals surface area contributed by atoms with Crippen molar-refractivity contribution >= 4 is 16.9 Å². The maximum absolute atomic E-state index is 11.8. The summed E-state index contributed by atoms with van der Waals surface area (Å²) < 4.78 is 5.23. The number of imidazole rings is 1. The van der Waals surface area contributed by atoms with E-state index in [0.717, 1.165) is 16.9 Å². The second-order valence-corrected chi connectivity index (χ2v) is 5.44.